The summed E-state index contributed by atoms with van der Waals surface area (Å²) >= 11 is 0. The second kappa shape index (κ2) is 5.99. The Morgan fingerprint density at radius 2 is 1.00 bits per heavy atom. The summed E-state index contributed by atoms with van der Waals surface area (Å²) < 4.78 is 0. The van der Waals surface area contributed by atoms with E-state index in [2.05, 4.69) is 100 Å². The first-order valence-electron chi connectivity index (χ1n) is 7.76. The second-order valence-electron chi connectivity index (χ2n) is 5.66. The van der Waals surface area contributed by atoms with Crippen molar-refractivity contribution in [2.24, 2.45) is 0 Å². The Bertz CT molecular complexity index is 971. The number of hydrogen-bond donors (Lipinski definition) is 0. The van der Waals surface area contributed by atoms with Crippen molar-refractivity contribution in [1.82, 2.24) is 0 Å². The Balaban J connectivity index is 2.02. The molecule has 4 rings (SSSR count). The van der Waals surface area contributed by atoms with E-state index in [4.69, 9.17) is 0 Å². The van der Waals surface area contributed by atoms with Crippen molar-refractivity contribution in [2.75, 3.05) is 0 Å². The first-order valence-corrected chi connectivity index (χ1v) is 8.34. The summed E-state index contributed by atoms with van der Waals surface area (Å²) in [5.74, 6) is 0. The van der Waals surface area contributed by atoms with Gasteiger partial charge in [0.2, 0.25) is 0 Å². The van der Waals surface area contributed by atoms with E-state index in [1.165, 1.54) is 38.3 Å². The Morgan fingerprint density at radius 1 is 0.435 bits per heavy atom. The molecule has 1 heteroatoms. The van der Waals surface area contributed by atoms with Gasteiger partial charge in [0.15, 0.2) is 0 Å². The van der Waals surface area contributed by atoms with E-state index in [1.54, 1.807) is 0 Å². The van der Waals surface area contributed by atoms with E-state index < -0.39 is 0 Å². The zero-order chi connectivity index (χ0) is 15.6. The van der Waals surface area contributed by atoms with Crippen LogP contribution in [-0.4, -0.2) is 0 Å². The first kappa shape index (κ1) is 14.2. The third-order valence-electron chi connectivity index (χ3n) is 4.26. The summed E-state index contributed by atoms with van der Waals surface area (Å²) in [7, 11) is 2.85. The highest BCUT2D eigenvalue weighted by atomic mass is 31.0. The maximum Gasteiger partial charge on any atom is -0.00987 e. The van der Waals surface area contributed by atoms with Crippen LogP contribution in [0.4, 0.5) is 0 Å². The molecule has 0 nitrogen and oxygen atoms in total. The zero-order valence-corrected chi connectivity index (χ0v) is 13.9. The SMILES string of the molecule is Pc1ccccc1-c1ccc(-c2ccccc2)c2ccccc12. The number of rotatable bonds is 2. The van der Waals surface area contributed by atoms with E-state index in [-0.39, 0.29) is 0 Å². The normalized spacial score (nSPS) is 10.8. The minimum atomic E-state index is 1.23. The molecule has 0 radical (unpaired) electrons. The topological polar surface area (TPSA) is 0 Å². The van der Waals surface area contributed by atoms with Crippen molar-refractivity contribution in [3.05, 3.63) is 91.0 Å². The molecular weight excluding hydrogens is 295 g/mol. The molecule has 0 aromatic heterocycles. The molecule has 0 N–H and O–H groups in total. The predicted octanol–water partition coefficient (Wildman–Crippen LogP) is 5.67. The fourth-order valence-corrected chi connectivity index (χ4v) is 3.51. The minimum absolute atomic E-state index is 1.23. The van der Waals surface area contributed by atoms with Crippen LogP contribution in [0.5, 0.6) is 0 Å². The van der Waals surface area contributed by atoms with Crippen LogP contribution >= 0.6 is 9.24 Å². The molecule has 0 saturated heterocycles. The number of benzene rings is 4. The average Bonchev–Trinajstić information content (AvgIpc) is 2.62. The molecule has 0 aliphatic heterocycles. The summed E-state index contributed by atoms with van der Waals surface area (Å²) in [6.07, 6.45) is 0. The highest BCUT2D eigenvalue weighted by Gasteiger charge is 2.10. The van der Waals surface area contributed by atoms with Gasteiger partial charge in [-0.3, -0.25) is 0 Å². The molecule has 0 bridgehead atoms. The monoisotopic (exact) mass is 312 g/mol. The van der Waals surface area contributed by atoms with Gasteiger partial charge >= 0.3 is 0 Å². The molecule has 110 valence electrons. The molecule has 0 aliphatic rings. The van der Waals surface area contributed by atoms with Crippen LogP contribution in [0.2, 0.25) is 0 Å². The quantitative estimate of drug-likeness (QED) is 0.418. The summed E-state index contributed by atoms with van der Waals surface area (Å²) in [5, 5.41) is 3.82. The standard InChI is InChI=1S/C22H17P/c23-22-13-7-6-12-21(22)20-15-14-17(16-8-2-1-3-9-16)18-10-4-5-11-19(18)20/h1-15H,23H2. The molecule has 4 aromatic carbocycles. The van der Waals surface area contributed by atoms with E-state index in [1.807, 2.05) is 0 Å². The lowest BCUT2D eigenvalue weighted by Gasteiger charge is -2.13. The Kier molecular flexibility index (Phi) is 3.69. The minimum Gasteiger partial charge on any atom is -0.105 e. The Labute approximate surface area is 139 Å². The highest BCUT2D eigenvalue weighted by Crippen LogP contribution is 2.35. The first-order chi connectivity index (χ1) is 11.3. The number of fused-ring (bicyclic) bond motifs is 1. The third-order valence-corrected chi connectivity index (χ3v) is 4.76. The largest absolute Gasteiger partial charge is 0.105 e. The summed E-state index contributed by atoms with van der Waals surface area (Å²) in [6, 6.07) is 32.2. The lowest BCUT2D eigenvalue weighted by molar-refractivity contribution is 1.64. The Morgan fingerprint density at radius 3 is 1.74 bits per heavy atom. The van der Waals surface area contributed by atoms with Gasteiger partial charge in [0.25, 0.3) is 0 Å². The zero-order valence-electron chi connectivity index (χ0n) is 12.7. The van der Waals surface area contributed by atoms with Crippen molar-refractivity contribution in [3.8, 4) is 22.3 Å². The fourth-order valence-electron chi connectivity index (χ4n) is 3.15. The smallest absolute Gasteiger partial charge is 0.00987 e. The van der Waals surface area contributed by atoms with Crippen molar-refractivity contribution in [2.45, 2.75) is 0 Å². The molecule has 0 aliphatic carbocycles. The molecule has 0 saturated carbocycles. The average molecular weight is 312 g/mol. The molecule has 4 aromatic rings. The lowest BCUT2D eigenvalue weighted by atomic mass is 9.92. The van der Waals surface area contributed by atoms with E-state index in [0.717, 1.165) is 0 Å². The number of hydrogen-bond acceptors (Lipinski definition) is 0. The highest BCUT2D eigenvalue weighted by molar-refractivity contribution is 7.28. The lowest BCUT2D eigenvalue weighted by Crippen LogP contribution is -1.96. The van der Waals surface area contributed by atoms with Crippen LogP contribution in [0, 0.1) is 0 Å². The fraction of sp³-hybridized carbons (Fsp3) is 0. The van der Waals surface area contributed by atoms with Crippen LogP contribution in [0.15, 0.2) is 91.0 Å². The van der Waals surface area contributed by atoms with Crippen LogP contribution in [0.25, 0.3) is 33.0 Å². The summed E-state index contributed by atoms with van der Waals surface area (Å²) in [6.45, 7) is 0. The molecule has 1 atom stereocenters. The van der Waals surface area contributed by atoms with Crippen LogP contribution in [0.3, 0.4) is 0 Å². The van der Waals surface area contributed by atoms with Gasteiger partial charge in [0.05, 0.1) is 0 Å². The Hall–Kier alpha value is -2.43. The van der Waals surface area contributed by atoms with Crippen molar-refractivity contribution < 1.29 is 0 Å². The predicted molar refractivity (Wildman–Crippen MR) is 104 cm³/mol. The molecule has 0 heterocycles. The van der Waals surface area contributed by atoms with Crippen molar-refractivity contribution in [3.63, 3.8) is 0 Å². The maximum absolute atomic E-state index is 2.85. The van der Waals surface area contributed by atoms with Gasteiger partial charge in [-0.05, 0) is 38.3 Å². The van der Waals surface area contributed by atoms with Gasteiger partial charge in [-0.15, -0.1) is 9.24 Å². The third kappa shape index (κ3) is 2.56. The molecule has 0 fully saturated rings. The van der Waals surface area contributed by atoms with Crippen LogP contribution < -0.4 is 5.30 Å². The van der Waals surface area contributed by atoms with Crippen LogP contribution in [0.1, 0.15) is 0 Å². The van der Waals surface area contributed by atoms with Crippen molar-refractivity contribution >= 4 is 25.3 Å². The molecule has 0 amide bonds. The van der Waals surface area contributed by atoms with E-state index in [0.29, 0.717) is 0 Å². The van der Waals surface area contributed by atoms with Gasteiger partial charge in [-0.25, -0.2) is 0 Å². The van der Waals surface area contributed by atoms with E-state index in [9.17, 15) is 0 Å². The molecule has 0 spiro atoms. The molecule has 23 heavy (non-hydrogen) atoms. The van der Waals surface area contributed by atoms with Crippen LogP contribution in [-0.2, 0) is 0 Å². The van der Waals surface area contributed by atoms with Crippen molar-refractivity contribution in [1.29, 1.82) is 0 Å². The van der Waals surface area contributed by atoms with E-state index >= 15 is 0 Å². The van der Waals surface area contributed by atoms with Gasteiger partial charge in [-0.1, -0.05) is 91.0 Å². The van der Waals surface area contributed by atoms with Gasteiger partial charge < -0.3 is 0 Å². The maximum atomic E-state index is 2.85. The van der Waals surface area contributed by atoms with Gasteiger partial charge in [0, 0.05) is 0 Å². The molecule has 1 unspecified atom stereocenters. The second-order valence-corrected chi connectivity index (χ2v) is 6.28. The summed E-state index contributed by atoms with van der Waals surface area (Å²) in [4.78, 5) is 0. The molecular formula is C22H17P. The van der Waals surface area contributed by atoms with Gasteiger partial charge in [0.1, 0.15) is 0 Å². The van der Waals surface area contributed by atoms with Gasteiger partial charge in [-0.2, -0.15) is 0 Å². The summed E-state index contributed by atoms with van der Waals surface area (Å²) in [5.41, 5.74) is 5.10.